The zero-order chi connectivity index (χ0) is 22.2. The van der Waals surface area contributed by atoms with E-state index in [1.165, 1.54) is 0 Å². The molecule has 0 fully saturated rings. The molecule has 2 aliphatic rings. The molecule has 0 unspecified atom stereocenters. The van der Waals surface area contributed by atoms with Crippen LogP contribution in [-0.4, -0.2) is 46.7 Å². The zero-order valence-corrected chi connectivity index (χ0v) is 17.8. The predicted molar refractivity (Wildman–Crippen MR) is 115 cm³/mol. The minimum atomic E-state index is -0.912. The number of pyridine rings is 1. The lowest BCUT2D eigenvalue weighted by atomic mass is 9.94. The van der Waals surface area contributed by atoms with Gasteiger partial charge in [0.1, 0.15) is 24.5 Å². The second-order valence-electron chi connectivity index (χ2n) is 8.47. The summed E-state index contributed by atoms with van der Waals surface area (Å²) < 4.78 is 3.20. The van der Waals surface area contributed by atoms with Gasteiger partial charge in [0.05, 0.1) is 11.4 Å². The molecule has 32 heavy (non-hydrogen) atoms. The molecule has 3 aromatic rings. The number of fused-ring (bicyclic) bond motifs is 2. The number of carboxylic acids is 2. The van der Waals surface area contributed by atoms with Gasteiger partial charge in [0.25, 0.3) is 0 Å². The van der Waals surface area contributed by atoms with Gasteiger partial charge in [-0.15, -0.1) is 0 Å². The number of hydrogen-bond acceptors (Lipinski definition) is 5. The van der Waals surface area contributed by atoms with Crippen molar-refractivity contribution < 1.29 is 19.8 Å². The molecule has 0 aromatic carbocycles. The highest BCUT2D eigenvalue weighted by atomic mass is 16.4. The Morgan fingerprint density at radius 3 is 1.62 bits per heavy atom. The average molecular weight is 435 g/mol. The minimum Gasteiger partial charge on any atom is -0.480 e. The molecule has 3 aromatic heterocycles. The molecule has 166 valence electrons. The Morgan fingerprint density at radius 1 is 0.750 bits per heavy atom. The summed E-state index contributed by atoms with van der Waals surface area (Å²) in [5, 5.41) is 27.9. The van der Waals surface area contributed by atoms with Gasteiger partial charge < -0.3 is 10.2 Å². The summed E-state index contributed by atoms with van der Waals surface area (Å²) in [5.41, 5.74) is 7.02. The van der Waals surface area contributed by atoms with Gasteiger partial charge in [-0.05, 0) is 63.5 Å². The molecule has 0 saturated heterocycles. The zero-order valence-electron chi connectivity index (χ0n) is 17.8. The van der Waals surface area contributed by atoms with Crippen LogP contribution in [0.3, 0.4) is 0 Å². The van der Waals surface area contributed by atoms with Gasteiger partial charge >= 0.3 is 11.9 Å². The normalized spacial score (nSPS) is 15.2. The Morgan fingerprint density at radius 2 is 1.19 bits per heavy atom. The van der Waals surface area contributed by atoms with E-state index in [1.54, 1.807) is 9.36 Å². The lowest BCUT2D eigenvalue weighted by Crippen LogP contribution is -2.15. The number of hydrogen-bond donors (Lipinski definition) is 2. The van der Waals surface area contributed by atoms with Crippen molar-refractivity contribution in [3.63, 3.8) is 0 Å². The number of aliphatic carboxylic acids is 2. The largest absolute Gasteiger partial charge is 0.480 e. The molecule has 0 bridgehead atoms. The van der Waals surface area contributed by atoms with Gasteiger partial charge in [0, 0.05) is 22.5 Å². The first-order chi connectivity index (χ1) is 15.5. The maximum atomic E-state index is 11.3. The summed E-state index contributed by atoms with van der Waals surface area (Å²) in [6.45, 7) is -0.315. The van der Waals surface area contributed by atoms with Crippen molar-refractivity contribution in [1.82, 2.24) is 24.5 Å². The first-order valence-corrected chi connectivity index (χ1v) is 11.1. The molecule has 3 heterocycles. The first-order valence-electron chi connectivity index (χ1n) is 11.1. The third-order valence-electron chi connectivity index (χ3n) is 6.32. The molecule has 2 aliphatic carbocycles. The topological polar surface area (TPSA) is 123 Å². The maximum Gasteiger partial charge on any atom is 0.325 e. The molecular weight excluding hydrogens is 410 g/mol. The van der Waals surface area contributed by atoms with Crippen LogP contribution in [0, 0.1) is 0 Å². The molecule has 2 N–H and O–H groups in total. The highest BCUT2D eigenvalue weighted by molar-refractivity contribution is 5.70. The van der Waals surface area contributed by atoms with Crippen LogP contribution >= 0.6 is 0 Å². The monoisotopic (exact) mass is 435 g/mol. The van der Waals surface area contributed by atoms with E-state index in [1.807, 2.05) is 18.2 Å². The number of aromatic nitrogens is 5. The van der Waals surface area contributed by atoms with Crippen molar-refractivity contribution in [3.8, 4) is 22.8 Å². The van der Waals surface area contributed by atoms with Crippen molar-refractivity contribution in [2.24, 2.45) is 0 Å². The van der Waals surface area contributed by atoms with Crippen molar-refractivity contribution in [1.29, 1.82) is 0 Å². The second kappa shape index (κ2) is 8.22. The number of nitrogens with zero attached hydrogens (tertiary/aromatic N) is 5. The molecule has 0 atom stereocenters. The van der Waals surface area contributed by atoms with Crippen LogP contribution in [0.25, 0.3) is 22.8 Å². The average Bonchev–Trinajstić information content (AvgIpc) is 3.32. The van der Waals surface area contributed by atoms with Crippen molar-refractivity contribution in [2.75, 3.05) is 0 Å². The molecule has 5 rings (SSSR count). The van der Waals surface area contributed by atoms with Gasteiger partial charge in [-0.1, -0.05) is 6.07 Å². The molecular formula is C23H25N5O4. The highest BCUT2D eigenvalue weighted by Crippen LogP contribution is 2.34. The van der Waals surface area contributed by atoms with E-state index in [4.69, 9.17) is 4.98 Å². The Balaban J connectivity index is 1.58. The molecule has 9 nitrogen and oxygen atoms in total. The van der Waals surface area contributed by atoms with E-state index in [9.17, 15) is 19.8 Å². The summed E-state index contributed by atoms with van der Waals surface area (Å²) in [6.07, 6.45) is 7.51. The second-order valence-corrected chi connectivity index (χ2v) is 8.47. The van der Waals surface area contributed by atoms with Crippen LogP contribution in [0.2, 0.25) is 0 Å². The Bertz CT molecular complexity index is 1120. The molecule has 0 spiro atoms. The van der Waals surface area contributed by atoms with E-state index < -0.39 is 11.9 Å². The summed E-state index contributed by atoms with van der Waals surface area (Å²) >= 11 is 0. The van der Waals surface area contributed by atoms with Gasteiger partial charge in [-0.25, -0.2) is 4.98 Å². The number of carbonyl (C=O) groups is 2. The fourth-order valence-corrected chi connectivity index (χ4v) is 4.97. The smallest absolute Gasteiger partial charge is 0.325 e. The van der Waals surface area contributed by atoms with Crippen LogP contribution < -0.4 is 0 Å². The maximum absolute atomic E-state index is 11.3. The van der Waals surface area contributed by atoms with E-state index in [0.29, 0.717) is 11.4 Å². The summed E-state index contributed by atoms with van der Waals surface area (Å²) in [5.74, 6) is -1.82. The van der Waals surface area contributed by atoms with Gasteiger partial charge in [-0.3, -0.25) is 19.0 Å². The molecule has 0 saturated carbocycles. The summed E-state index contributed by atoms with van der Waals surface area (Å²) in [7, 11) is 0. The number of rotatable bonds is 6. The first kappa shape index (κ1) is 20.4. The lowest BCUT2D eigenvalue weighted by molar-refractivity contribution is -0.139. The summed E-state index contributed by atoms with van der Waals surface area (Å²) in [6, 6.07) is 5.70. The standard InChI is InChI=1S/C23H25N5O4/c29-20(30)12-27-18-10-3-1-6-14(18)22(25-27)16-8-5-9-17(24-16)23-15-7-2-4-11-19(15)28(26-23)13-21(31)32/h5,8-9H,1-4,6-7,10-13H2,(H,29,30)(H,31,32). The Labute approximate surface area is 184 Å². The third-order valence-corrected chi connectivity index (χ3v) is 6.32. The lowest BCUT2D eigenvalue weighted by Gasteiger charge is -2.14. The third kappa shape index (κ3) is 3.68. The Kier molecular flexibility index (Phi) is 5.24. The van der Waals surface area contributed by atoms with Crippen molar-refractivity contribution >= 4 is 11.9 Å². The quantitative estimate of drug-likeness (QED) is 0.610. The van der Waals surface area contributed by atoms with Crippen LogP contribution in [0.5, 0.6) is 0 Å². The highest BCUT2D eigenvalue weighted by Gasteiger charge is 2.26. The van der Waals surface area contributed by atoms with Crippen LogP contribution in [-0.2, 0) is 48.4 Å². The predicted octanol–water partition coefficient (Wildman–Crippen LogP) is 2.74. The molecule has 0 amide bonds. The van der Waals surface area contributed by atoms with Crippen LogP contribution in [0.15, 0.2) is 18.2 Å². The van der Waals surface area contributed by atoms with Crippen molar-refractivity contribution in [3.05, 3.63) is 40.7 Å². The van der Waals surface area contributed by atoms with Gasteiger partial charge in [0.2, 0.25) is 0 Å². The molecule has 0 aliphatic heterocycles. The molecule has 9 heteroatoms. The summed E-state index contributed by atoms with van der Waals surface area (Å²) in [4.78, 5) is 27.5. The van der Waals surface area contributed by atoms with Crippen molar-refractivity contribution in [2.45, 2.75) is 64.5 Å². The van der Waals surface area contributed by atoms with Crippen LogP contribution in [0.1, 0.15) is 48.2 Å². The van der Waals surface area contributed by atoms with Gasteiger partial charge in [0.15, 0.2) is 0 Å². The molecule has 0 radical (unpaired) electrons. The van der Waals surface area contributed by atoms with E-state index in [0.717, 1.165) is 85.3 Å². The van der Waals surface area contributed by atoms with E-state index in [2.05, 4.69) is 10.2 Å². The van der Waals surface area contributed by atoms with E-state index in [-0.39, 0.29) is 13.1 Å². The SMILES string of the molecule is O=C(O)Cn1nc(-c2cccc(-c3nn(CC(=O)O)c4c3CCCC4)n2)c2c1CCCC2. The van der Waals surface area contributed by atoms with Crippen LogP contribution in [0.4, 0.5) is 0 Å². The Hall–Kier alpha value is -3.49. The minimum absolute atomic E-state index is 0.158. The fourth-order valence-electron chi connectivity index (χ4n) is 4.97. The fraction of sp³-hybridized carbons (Fsp3) is 0.435. The van der Waals surface area contributed by atoms with E-state index >= 15 is 0 Å². The van der Waals surface area contributed by atoms with Gasteiger partial charge in [-0.2, -0.15) is 10.2 Å². The number of carboxylic acid groups (broad SMARTS) is 2.